The lowest BCUT2D eigenvalue weighted by Gasteiger charge is -2.24. The van der Waals surface area contributed by atoms with E-state index in [1.807, 2.05) is 30.3 Å². The number of hydrogen-bond acceptors (Lipinski definition) is 7. The Bertz CT molecular complexity index is 1120. The SMILES string of the molecule is COc1ccc2nccc(C(O)CN3CCCC(NCc4ccc5c(c4)OCCO5)CC3)c2c1. The summed E-state index contributed by atoms with van der Waals surface area (Å²) in [5.74, 6) is 2.45. The second kappa shape index (κ2) is 10.6. The van der Waals surface area contributed by atoms with Gasteiger partial charge in [0.2, 0.25) is 0 Å². The van der Waals surface area contributed by atoms with Gasteiger partial charge in [-0.15, -0.1) is 0 Å². The van der Waals surface area contributed by atoms with Crippen molar-refractivity contribution < 1.29 is 19.3 Å². The van der Waals surface area contributed by atoms with Gasteiger partial charge in [0.05, 0.1) is 18.7 Å². The minimum Gasteiger partial charge on any atom is -0.497 e. The molecule has 2 N–H and O–H groups in total. The van der Waals surface area contributed by atoms with Crippen LogP contribution in [0.25, 0.3) is 10.9 Å². The molecule has 3 heterocycles. The van der Waals surface area contributed by atoms with Gasteiger partial charge < -0.3 is 29.5 Å². The number of aromatic nitrogens is 1. The van der Waals surface area contributed by atoms with Gasteiger partial charge in [-0.05, 0) is 79.9 Å². The van der Waals surface area contributed by atoms with Crippen molar-refractivity contribution in [3.63, 3.8) is 0 Å². The number of rotatable bonds is 7. The van der Waals surface area contributed by atoms with Gasteiger partial charge in [-0.2, -0.15) is 0 Å². The predicted molar refractivity (Wildman–Crippen MR) is 132 cm³/mol. The largest absolute Gasteiger partial charge is 0.497 e. The quantitative estimate of drug-likeness (QED) is 0.553. The van der Waals surface area contributed by atoms with E-state index in [9.17, 15) is 5.11 Å². The first kappa shape index (κ1) is 22.9. The summed E-state index contributed by atoms with van der Waals surface area (Å²) >= 11 is 0. The zero-order valence-electron chi connectivity index (χ0n) is 19.7. The van der Waals surface area contributed by atoms with Gasteiger partial charge in [0, 0.05) is 30.7 Å². The highest BCUT2D eigenvalue weighted by Crippen LogP contribution is 2.31. The minimum absolute atomic E-state index is 0.460. The van der Waals surface area contributed by atoms with E-state index < -0.39 is 6.10 Å². The highest BCUT2D eigenvalue weighted by Gasteiger charge is 2.21. The van der Waals surface area contributed by atoms with Crippen molar-refractivity contribution >= 4 is 10.9 Å². The molecule has 2 unspecified atom stereocenters. The van der Waals surface area contributed by atoms with Crippen LogP contribution in [0.15, 0.2) is 48.7 Å². The number of β-amino-alcohol motifs (C(OH)–C–C–N with tert-alkyl or cyclic N) is 1. The summed E-state index contributed by atoms with van der Waals surface area (Å²) in [6.45, 7) is 4.61. The normalized spacial score (nSPS) is 19.5. The van der Waals surface area contributed by atoms with Crippen molar-refractivity contribution in [2.45, 2.75) is 38.0 Å². The van der Waals surface area contributed by atoms with Crippen molar-refractivity contribution in [2.24, 2.45) is 0 Å². The molecular formula is C27H33N3O4. The maximum Gasteiger partial charge on any atom is 0.161 e. The zero-order valence-corrected chi connectivity index (χ0v) is 19.7. The Morgan fingerprint density at radius 2 is 1.97 bits per heavy atom. The lowest BCUT2D eigenvalue weighted by molar-refractivity contribution is 0.116. The lowest BCUT2D eigenvalue weighted by atomic mass is 10.0. The van der Waals surface area contributed by atoms with Gasteiger partial charge in [-0.25, -0.2) is 0 Å². The van der Waals surface area contributed by atoms with Crippen molar-refractivity contribution in [3.8, 4) is 17.2 Å². The molecule has 180 valence electrons. The number of likely N-dealkylation sites (tertiary alicyclic amines) is 1. The van der Waals surface area contributed by atoms with Gasteiger partial charge >= 0.3 is 0 Å². The number of aliphatic hydroxyl groups excluding tert-OH is 1. The third-order valence-corrected chi connectivity index (χ3v) is 6.79. The van der Waals surface area contributed by atoms with Crippen molar-refractivity contribution in [3.05, 3.63) is 59.8 Å². The first-order valence-electron chi connectivity index (χ1n) is 12.1. The fraction of sp³-hybridized carbons (Fsp3) is 0.444. The van der Waals surface area contributed by atoms with Crippen LogP contribution >= 0.6 is 0 Å². The molecule has 0 spiro atoms. The van der Waals surface area contributed by atoms with Crippen LogP contribution in [0.3, 0.4) is 0 Å². The van der Waals surface area contributed by atoms with Crippen LogP contribution in [0.5, 0.6) is 17.2 Å². The van der Waals surface area contributed by atoms with Crippen LogP contribution in [0.1, 0.15) is 36.5 Å². The van der Waals surface area contributed by atoms with E-state index in [2.05, 4.69) is 27.3 Å². The molecule has 0 aliphatic carbocycles. The summed E-state index contributed by atoms with van der Waals surface area (Å²) in [4.78, 5) is 6.82. The molecule has 0 saturated carbocycles. The molecule has 1 fully saturated rings. The van der Waals surface area contributed by atoms with Gasteiger partial charge in [0.1, 0.15) is 19.0 Å². The van der Waals surface area contributed by atoms with Crippen LogP contribution in [0.4, 0.5) is 0 Å². The Hall–Kier alpha value is -2.87. The predicted octanol–water partition coefficient (Wildman–Crippen LogP) is 3.69. The summed E-state index contributed by atoms with van der Waals surface area (Å²) in [7, 11) is 1.66. The molecule has 0 amide bonds. The maximum absolute atomic E-state index is 11.1. The third-order valence-electron chi connectivity index (χ3n) is 6.79. The lowest BCUT2D eigenvalue weighted by Crippen LogP contribution is -2.32. The monoisotopic (exact) mass is 463 g/mol. The number of ether oxygens (including phenoxy) is 3. The maximum atomic E-state index is 11.1. The summed E-state index contributed by atoms with van der Waals surface area (Å²) in [5, 5.41) is 15.8. The number of aliphatic hydroxyl groups is 1. The fourth-order valence-electron chi connectivity index (χ4n) is 4.91. The molecule has 1 saturated heterocycles. The van der Waals surface area contributed by atoms with E-state index >= 15 is 0 Å². The summed E-state index contributed by atoms with van der Waals surface area (Å²) in [6, 6.07) is 14.4. The Kier molecular flexibility index (Phi) is 7.13. The van der Waals surface area contributed by atoms with Gasteiger partial charge in [-0.1, -0.05) is 6.07 Å². The summed E-state index contributed by atoms with van der Waals surface area (Å²) < 4.78 is 16.7. The van der Waals surface area contributed by atoms with E-state index in [0.717, 1.165) is 72.6 Å². The highest BCUT2D eigenvalue weighted by atomic mass is 16.6. The fourth-order valence-corrected chi connectivity index (χ4v) is 4.91. The molecule has 7 heteroatoms. The second-order valence-electron chi connectivity index (χ2n) is 9.09. The number of fused-ring (bicyclic) bond motifs is 2. The zero-order chi connectivity index (χ0) is 23.3. The van der Waals surface area contributed by atoms with Gasteiger partial charge in [0.25, 0.3) is 0 Å². The van der Waals surface area contributed by atoms with Crippen molar-refractivity contribution in [2.75, 3.05) is 40.0 Å². The number of methoxy groups -OCH3 is 1. The minimum atomic E-state index is -0.570. The molecule has 0 bridgehead atoms. The highest BCUT2D eigenvalue weighted by molar-refractivity contribution is 5.83. The third kappa shape index (κ3) is 5.27. The molecule has 34 heavy (non-hydrogen) atoms. The smallest absolute Gasteiger partial charge is 0.161 e. The van der Waals surface area contributed by atoms with Crippen LogP contribution < -0.4 is 19.5 Å². The molecule has 0 radical (unpaired) electrons. The van der Waals surface area contributed by atoms with E-state index in [1.165, 1.54) is 5.56 Å². The van der Waals surface area contributed by atoms with Gasteiger partial charge in [-0.3, -0.25) is 4.98 Å². The topological polar surface area (TPSA) is 76.1 Å². The molecule has 2 aliphatic heterocycles. The van der Waals surface area contributed by atoms with Crippen molar-refractivity contribution in [1.82, 2.24) is 15.2 Å². The average Bonchev–Trinajstić information content (AvgIpc) is 3.11. The Morgan fingerprint density at radius 3 is 2.85 bits per heavy atom. The van der Waals surface area contributed by atoms with Crippen molar-refractivity contribution in [1.29, 1.82) is 0 Å². The standard InChI is InChI=1S/C27H33N3O4/c1-32-21-5-6-24-23(16-21)22(8-10-28-24)25(31)18-30-11-2-3-20(9-12-30)29-17-19-4-7-26-27(15-19)34-14-13-33-26/h4-8,10,15-16,20,25,29,31H,2-3,9,11-14,17-18H2,1H3. The number of nitrogens with zero attached hydrogens (tertiary/aromatic N) is 2. The Labute approximate surface area is 200 Å². The Balaban J connectivity index is 1.16. The number of hydrogen-bond donors (Lipinski definition) is 2. The summed E-state index contributed by atoms with van der Waals surface area (Å²) in [5.41, 5.74) is 2.99. The molecular weight excluding hydrogens is 430 g/mol. The van der Waals surface area contributed by atoms with Crippen LogP contribution in [-0.2, 0) is 6.54 Å². The van der Waals surface area contributed by atoms with Crippen LogP contribution in [-0.4, -0.2) is 61.0 Å². The number of pyridine rings is 1. The van der Waals surface area contributed by atoms with Gasteiger partial charge in [0.15, 0.2) is 11.5 Å². The number of benzene rings is 2. The van der Waals surface area contributed by atoms with Crippen LogP contribution in [0, 0.1) is 0 Å². The number of nitrogens with one attached hydrogen (secondary N) is 1. The molecule has 1 aromatic heterocycles. The molecule has 5 rings (SSSR count). The molecule has 2 atom stereocenters. The Morgan fingerprint density at radius 1 is 1.09 bits per heavy atom. The molecule has 7 nitrogen and oxygen atoms in total. The first-order chi connectivity index (χ1) is 16.7. The van der Waals surface area contributed by atoms with E-state index in [0.29, 0.717) is 25.8 Å². The second-order valence-corrected chi connectivity index (χ2v) is 9.09. The molecule has 3 aromatic rings. The van der Waals surface area contributed by atoms with E-state index in [-0.39, 0.29) is 0 Å². The first-order valence-corrected chi connectivity index (χ1v) is 12.1. The average molecular weight is 464 g/mol. The van der Waals surface area contributed by atoms with E-state index in [1.54, 1.807) is 13.3 Å². The van der Waals surface area contributed by atoms with E-state index in [4.69, 9.17) is 14.2 Å². The molecule has 2 aliphatic rings. The summed E-state index contributed by atoms with van der Waals surface area (Å²) in [6.07, 6.45) is 4.50. The molecule has 2 aromatic carbocycles. The van der Waals surface area contributed by atoms with Crippen LogP contribution in [0.2, 0.25) is 0 Å².